The number of hydrogen-bond donors (Lipinski definition) is 2. The van der Waals surface area contributed by atoms with Gasteiger partial charge in [0.2, 0.25) is 0 Å². The number of nitrogens with one attached hydrogen (secondary N) is 1. The molecule has 0 bridgehead atoms. The molecule has 0 fully saturated rings. The summed E-state index contributed by atoms with van der Waals surface area (Å²) in [4.78, 5) is 6.19. The largest absolute Gasteiger partial charge is 0.388 e. The van der Waals surface area contributed by atoms with Gasteiger partial charge >= 0.3 is 0 Å². The van der Waals surface area contributed by atoms with Gasteiger partial charge in [-0.1, -0.05) is 0 Å². The van der Waals surface area contributed by atoms with E-state index in [0.29, 0.717) is 25.7 Å². The van der Waals surface area contributed by atoms with Crippen LogP contribution in [0, 0.1) is 0 Å². The van der Waals surface area contributed by atoms with Crippen molar-refractivity contribution in [2.45, 2.75) is 39.0 Å². The summed E-state index contributed by atoms with van der Waals surface area (Å²) in [6.45, 7) is 7.72. The van der Waals surface area contributed by atoms with Gasteiger partial charge in [0.05, 0.1) is 12.1 Å². The average molecular weight is 255 g/mol. The quantitative estimate of drug-likeness (QED) is 0.731. The van der Waals surface area contributed by atoms with E-state index in [1.807, 2.05) is 30.6 Å². The molecular formula is C12H25N5O. The van der Waals surface area contributed by atoms with Gasteiger partial charge in [-0.15, -0.1) is 0 Å². The van der Waals surface area contributed by atoms with Crippen molar-refractivity contribution in [1.82, 2.24) is 25.0 Å². The molecule has 2 N–H and O–H groups in total. The van der Waals surface area contributed by atoms with Gasteiger partial charge in [-0.3, -0.25) is 0 Å². The minimum Gasteiger partial charge on any atom is -0.388 e. The summed E-state index contributed by atoms with van der Waals surface area (Å²) in [5.41, 5.74) is -0.744. The lowest BCUT2D eigenvalue weighted by atomic mass is 10.1. The predicted molar refractivity (Wildman–Crippen MR) is 71.3 cm³/mol. The topological polar surface area (TPSA) is 66.2 Å². The second-order valence-corrected chi connectivity index (χ2v) is 5.55. The molecule has 1 rings (SSSR count). The fourth-order valence-electron chi connectivity index (χ4n) is 2.01. The van der Waals surface area contributed by atoms with E-state index < -0.39 is 5.60 Å². The predicted octanol–water partition coefficient (Wildman–Crippen LogP) is 0.261. The van der Waals surface area contributed by atoms with E-state index in [1.54, 1.807) is 6.33 Å². The van der Waals surface area contributed by atoms with E-state index in [2.05, 4.69) is 29.2 Å². The molecule has 104 valence electrons. The maximum absolute atomic E-state index is 10.1. The van der Waals surface area contributed by atoms with E-state index in [-0.39, 0.29) is 0 Å². The first kappa shape index (κ1) is 15.1. The minimum absolute atomic E-state index is 0.298. The highest BCUT2D eigenvalue weighted by atomic mass is 16.3. The first-order chi connectivity index (χ1) is 8.32. The first-order valence-electron chi connectivity index (χ1n) is 6.28. The van der Waals surface area contributed by atoms with Crippen LogP contribution >= 0.6 is 0 Å². The van der Waals surface area contributed by atoms with E-state index in [0.717, 1.165) is 5.82 Å². The molecule has 0 saturated heterocycles. The highest BCUT2D eigenvalue weighted by molar-refractivity contribution is 4.87. The van der Waals surface area contributed by atoms with Gasteiger partial charge in [0.25, 0.3) is 0 Å². The SMILES string of the molecule is CC(C)n1ncnc1CNCC(C)(O)CN(C)C. The van der Waals surface area contributed by atoms with Crippen LogP contribution < -0.4 is 5.32 Å². The summed E-state index contributed by atoms with van der Waals surface area (Å²) < 4.78 is 1.88. The lowest BCUT2D eigenvalue weighted by molar-refractivity contribution is 0.0333. The Labute approximate surface area is 109 Å². The second kappa shape index (κ2) is 6.26. The first-order valence-corrected chi connectivity index (χ1v) is 6.28. The summed E-state index contributed by atoms with van der Waals surface area (Å²) in [6.07, 6.45) is 1.56. The van der Waals surface area contributed by atoms with E-state index in [9.17, 15) is 5.11 Å². The fraction of sp³-hybridized carbons (Fsp3) is 0.833. The molecular weight excluding hydrogens is 230 g/mol. The van der Waals surface area contributed by atoms with Crippen LogP contribution in [0.4, 0.5) is 0 Å². The maximum Gasteiger partial charge on any atom is 0.141 e. The monoisotopic (exact) mass is 255 g/mol. The van der Waals surface area contributed by atoms with Gasteiger partial charge in [0.1, 0.15) is 12.2 Å². The Morgan fingerprint density at radius 3 is 2.72 bits per heavy atom. The normalized spacial score (nSPS) is 15.3. The Bertz CT molecular complexity index is 359. The molecule has 0 aromatic carbocycles. The number of aromatic nitrogens is 3. The van der Waals surface area contributed by atoms with E-state index in [1.165, 1.54) is 0 Å². The molecule has 0 saturated carbocycles. The Morgan fingerprint density at radius 1 is 1.50 bits per heavy atom. The fourth-order valence-corrected chi connectivity index (χ4v) is 2.01. The number of rotatable bonds is 7. The highest BCUT2D eigenvalue weighted by Crippen LogP contribution is 2.06. The van der Waals surface area contributed by atoms with Crippen molar-refractivity contribution < 1.29 is 5.11 Å². The smallest absolute Gasteiger partial charge is 0.141 e. The molecule has 0 spiro atoms. The van der Waals surface area contributed by atoms with Crippen molar-refractivity contribution in [1.29, 1.82) is 0 Å². The number of hydrogen-bond acceptors (Lipinski definition) is 5. The molecule has 0 aliphatic rings. The lowest BCUT2D eigenvalue weighted by Gasteiger charge is -2.27. The Hall–Kier alpha value is -0.980. The zero-order chi connectivity index (χ0) is 13.8. The molecule has 6 nitrogen and oxygen atoms in total. The van der Waals surface area contributed by atoms with Gasteiger partial charge < -0.3 is 15.3 Å². The van der Waals surface area contributed by atoms with Gasteiger partial charge in [-0.25, -0.2) is 9.67 Å². The summed E-state index contributed by atoms with van der Waals surface area (Å²) in [6, 6.07) is 0.298. The van der Waals surface area contributed by atoms with Crippen molar-refractivity contribution in [3.8, 4) is 0 Å². The Balaban J connectivity index is 2.44. The third-order valence-electron chi connectivity index (χ3n) is 2.58. The van der Waals surface area contributed by atoms with Gasteiger partial charge in [0.15, 0.2) is 0 Å². The number of aliphatic hydroxyl groups is 1. The zero-order valence-corrected chi connectivity index (χ0v) is 12.0. The van der Waals surface area contributed by atoms with Crippen molar-refractivity contribution in [3.63, 3.8) is 0 Å². The summed E-state index contributed by atoms with van der Waals surface area (Å²) in [7, 11) is 3.90. The third-order valence-corrected chi connectivity index (χ3v) is 2.58. The van der Waals surface area contributed by atoms with Crippen LogP contribution in [-0.2, 0) is 6.54 Å². The molecule has 0 aliphatic heterocycles. The lowest BCUT2D eigenvalue weighted by Crippen LogP contribution is -2.45. The van der Waals surface area contributed by atoms with Crippen LogP contribution in [0.2, 0.25) is 0 Å². The van der Waals surface area contributed by atoms with Crippen molar-refractivity contribution in [2.75, 3.05) is 27.2 Å². The Kier molecular flexibility index (Phi) is 5.25. The standard InChI is InChI=1S/C12H25N5O/c1-10(2)17-11(14-9-15-17)6-13-7-12(3,18)8-16(4)5/h9-10,13,18H,6-8H2,1-5H3. The van der Waals surface area contributed by atoms with Gasteiger partial charge in [0, 0.05) is 19.1 Å². The average Bonchev–Trinajstić information content (AvgIpc) is 2.63. The molecule has 1 aromatic heterocycles. The molecule has 0 amide bonds. The summed E-state index contributed by atoms with van der Waals surface area (Å²) in [5, 5.41) is 17.5. The number of likely N-dealkylation sites (N-methyl/N-ethyl adjacent to an activating group) is 1. The van der Waals surface area contributed by atoms with Gasteiger partial charge in [-0.05, 0) is 34.9 Å². The van der Waals surface area contributed by atoms with E-state index >= 15 is 0 Å². The van der Waals surface area contributed by atoms with Crippen LogP contribution in [0.25, 0.3) is 0 Å². The van der Waals surface area contributed by atoms with Gasteiger partial charge in [-0.2, -0.15) is 5.10 Å². The highest BCUT2D eigenvalue weighted by Gasteiger charge is 2.21. The summed E-state index contributed by atoms with van der Waals surface area (Å²) in [5.74, 6) is 0.894. The van der Waals surface area contributed by atoms with Crippen LogP contribution in [0.15, 0.2) is 6.33 Å². The third kappa shape index (κ3) is 4.72. The Morgan fingerprint density at radius 2 is 2.17 bits per heavy atom. The molecule has 18 heavy (non-hydrogen) atoms. The second-order valence-electron chi connectivity index (χ2n) is 5.55. The maximum atomic E-state index is 10.1. The molecule has 6 heteroatoms. The van der Waals surface area contributed by atoms with Crippen LogP contribution in [0.3, 0.4) is 0 Å². The van der Waals surface area contributed by atoms with Crippen LogP contribution in [0.1, 0.15) is 32.6 Å². The molecule has 0 radical (unpaired) electrons. The van der Waals surface area contributed by atoms with Crippen LogP contribution in [0.5, 0.6) is 0 Å². The zero-order valence-electron chi connectivity index (χ0n) is 12.0. The molecule has 0 aliphatic carbocycles. The van der Waals surface area contributed by atoms with Crippen molar-refractivity contribution in [3.05, 3.63) is 12.2 Å². The van der Waals surface area contributed by atoms with Crippen molar-refractivity contribution in [2.24, 2.45) is 0 Å². The number of nitrogens with zero attached hydrogens (tertiary/aromatic N) is 4. The van der Waals surface area contributed by atoms with Crippen LogP contribution in [-0.4, -0.2) is 57.6 Å². The summed E-state index contributed by atoms with van der Waals surface area (Å²) >= 11 is 0. The van der Waals surface area contributed by atoms with E-state index in [4.69, 9.17) is 0 Å². The molecule has 1 heterocycles. The molecule has 1 unspecified atom stereocenters. The molecule has 1 atom stereocenters. The molecule has 1 aromatic rings. The van der Waals surface area contributed by atoms with Crippen molar-refractivity contribution >= 4 is 0 Å². The minimum atomic E-state index is -0.744.